The highest BCUT2D eigenvalue weighted by molar-refractivity contribution is 5.95. The van der Waals surface area contributed by atoms with E-state index < -0.39 is 0 Å². The molecule has 0 bridgehead atoms. The Kier molecular flexibility index (Phi) is 3.29. The Morgan fingerprint density at radius 1 is 1.50 bits per heavy atom. The van der Waals surface area contributed by atoms with Gasteiger partial charge < -0.3 is 15.4 Å². The van der Waals surface area contributed by atoms with Gasteiger partial charge in [0.15, 0.2) is 6.61 Å². The van der Waals surface area contributed by atoms with Crippen LogP contribution in [0.3, 0.4) is 0 Å². The molecular weight excluding hydrogens is 204 g/mol. The Bertz CT molecular complexity index is 391. The topological polar surface area (TPSA) is 50.4 Å². The van der Waals surface area contributed by atoms with E-state index in [-0.39, 0.29) is 12.5 Å². The lowest BCUT2D eigenvalue weighted by Gasteiger charge is -2.18. The Balaban J connectivity index is 2.06. The van der Waals surface area contributed by atoms with Crippen molar-refractivity contribution < 1.29 is 9.53 Å². The number of benzene rings is 1. The number of hydrogen-bond acceptors (Lipinski definition) is 3. The maximum absolute atomic E-state index is 11.1. The van der Waals surface area contributed by atoms with Crippen LogP contribution < -0.4 is 15.4 Å². The average molecular weight is 220 g/mol. The van der Waals surface area contributed by atoms with Crippen molar-refractivity contribution in [1.29, 1.82) is 0 Å². The fourth-order valence-corrected chi connectivity index (χ4v) is 1.60. The maximum Gasteiger partial charge on any atom is 0.262 e. The summed E-state index contributed by atoms with van der Waals surface area (Å²) in [5.41, 5.74) is 1.76. The van der Waals surface area contributed by atoms with Crippen molar-refractivity contribution in [3.05, 3.63) is 18.2 Å². The van der Waals surface area contributed by atoms with E-state index in [1.165, 1.54) is 0 Å². The van der Waals surface area contributed by atoms with Crippen LogP contribution in [0.15, 0.2) is 18.2 Å². The van der Waals surface area contributed by atoms with Crippen LogP contribution >= 0.6 is 0 Å². The van der Waals surface area contributed by atoms with Gasteiger partial charge in [-0.2, -0.15) is 0 Å². The van der Waals surface area contributed by atoms with Crippen molar-refractivity contribution in [3.63, 3.8) is 0 Å². The fraction of sp³-hybridized carbons (Fsp3) is 0.417. The van der Waals surface area contributed by atoms with Crippen molar-refractivity contribution >= 4 is 17.3 Å². The molecule has 0 saturated carbocycles. The number of anilines is 2. The number of ether oxygens (including phenoxy) is 1. The summed E-state index contributed by atoms with van der Waals surface area (Å²) < 4.78 is 5.28. The molecule has 2 N–H and O–H groups in total. The van der Waals surface area contributed by atoms with Gasteiger partial charge in [-0.25, -0.2) is 0 Å². The predicted octanol–water partition coefficient (Wildman–Crippen LogP) is 2.23. The molecule has 16 heavy (non-hydrogen) atoms. The van der Waals surface area contributed by atoms with E-state index in [1.54, 1.807) is 0 Å². The molecule has 0 spiro atoms. The summed E-state index contributed by atoms with van der Waals surface area (Å²) in [5, 5.41) is 6.09. The van der Waals surface area contributed by atoms with Crippen LogP contribution in [0.25, 0.3) is 0 Å². The molecule has 0 aromatic heterocycles. The largest absolute Gasteiger partial charge is 0.482 e. The number of carbonyl (C=O) groups excluding carboxylic acids is 1. The molecule has 1 heterocycles. The van der Waals surface area contributed by atoms with Gasteiger partial charge in [0.1, 0.15) is 5.75 Å². The number of hydrogen-bond donors (Lipinski definition) is 2. The Morgan fingerprint density at radius 2 is 2.38 bits per heavy atom. The second-order valence-corrected chi connectivity index (χ2v) is 3.83. The SMILES string of the molecule is CCCCNc1ccc2c(c1)NC(=O)CO2. The Labute approximate surface area is 95.0 Å². The summed E-state index contributed by atoms with van der Waals surface area (Å²) in [5.74, 6) is 0.638. The molecule has 2 rings (SSSR count). The molecule has 1 aliphatic rings. The average Bonchev–Trinajstić information content (AvgIpc) is 2.29. The van der Waals surface area contributed by atoms with E-state index >= 15 is 0 Å². The summed E-state index contributed by atoms with van der Waals surface area (Å²) in [4.78, 5) is 11.1. The summed E-state index contributed by atoms with van der Waals surface area (Å²) in [7, 11) is 0. The van der Waals surface area contributed by atoms with Gasteiger partial charge in [-0.3, -0.25) is 4.79 Å². The highest BCUT2D eigenvalue weighted by Crippen LogP contribution is 2.30. The highest BCUT2D eigenvalue weighted by Gasteiger charge is 2.15. The lowest BCUT2D eigenvalue weighted by molar-refractivity contribution is -0.118. The Hall–Kier alpha value is -1.71. The molecule has 0 unspecified atom stereocenters. The zero-order valence-corrected chi connectivity index (χ0v) is 9.38. The molecule has 1 aromatic carbocycles. The van der Waals surface area contributed by atoms with Gasteiger partial charge in [-0.15, -0.1) is 0 Å². The molecule has 1 amide bonds. The van der Waals surface area contributed by atoms with E-state index in [4.69, 9.17) is 4.74 Å². The highest BCUT2D eigenvalue weighted by atomic mass is 16.5. The number of amides is 1. The monoisotopic (exact) mass is 220 g/mol. The third-order valence-electron chi connectivity index (χ3n) is 2.47. The minimum absolute atomic E-state index is 0.0989. The fourth-order valence-electron chi connectivity index (χ4n) is 1.60. The first kappa shape index (κ1) is 10.8. The normalized spacial score (nSPS) is 13.7. The van der Waals surface area contributed by atoms with E-state index in [0.29, 0.717) is 0 Å². The first-order valence-corrected chi connectivity index (χ1v) is 5.60. The summed E-state index contributed by atoms with van der Waals surface area (Å²) in [6, 6.07) is 5.75. The quantitative estimate of drug-likeness (QED) is 0.765. The van der Waals surface area contributed by atoms with E-state index in [2.05, 4.69) is 17.6 Å². The van der Waals surface area contributed by atoms with Gasteiger partial charge in [0.25, 0.3) is 5.91 Å². The third kappa shape index (κ3) is 2.45. The van der Waals surface area contributed by atoms with Crippen molar-refractivity contribution in [2.45, 2.75) is 19.8 Å². The van der Waals surface area contributed by atoms with Gasteiger partial charge in [0.05, 0.1) is 5.69 Å². The number of carbonyl (C=O) groups is 1. The van der Waals surface area contributed by atoms with E-state index in [0.717, 1.165) is 36.5 Å². The number of unbranched alkanes of at least 4 members (excludes halogenated alkanes) is 1. The van der Waals surface area contributed by atoms with Gasteiger partial charge >= 0.3 is 0 Å². The summed E-state index contributed by atoms with van der Waals surface area (Å²) >= 11 is 0. The van der Waals surface area contributed by atoms with Crippen LogP contribution in [0, 0.1) is 0 Å². The molecule has 86 valence electrons. The van der Waals surface area contributed by atoms with E-state index in [9.17, 15) is 4.79 Å². The summed E-state index contributed by atoms with van der Waals surface area (Å²) in [6.07, 6.45) is 2.30. The molecule has 1 aliphatic heterocycles. The summed E-state index contributed by atoms with van der Waals surface area (Å²) in [6.45, 7) is 3.21. The second-order valence-electron chi connectivity index (χ2n) is 3.83. The molecule has 0 radical (unpaired) electrons. The smallest absolute Gasteiger partial charge is 0.262 e. The molecule has 0 aliphatic carbocycles. The Morgan fingerprint density at radius 3 is 3.19 bits per heavy atom. The molecule has 0 atom stereocenters. The first-order valence-electron chi connectivity index (χ1n) is 5.60. The van der Waals surface area contributed by atoms with Gasteiger partial charge in [0, 0.05) is 12.2 Å². The van der Waals surface area contributed by atoms with Crippen molar-refractivity contribution in [2.75, 3.05) is 23.8 Å². The van der Waals surface area contributed by atoms with Crippen molar-refractivity contribution in [1.82, 2.24) is 0 Å². The van der Waals surface area contributed by atoms with Crippen molar-refractivity contribution in [3.8, 4) is 5.75 Å². The lowest BCUT2D eigenvalue weighted by atomic mass is 10.2. The number of fused-ring (bicyclic) bond motifs is 1. The first-order chi connectivity index (χ1) is 7.79. The minimum atomic E-state index is -0.0989. The molecular formula is C12H16N2O2. The molecule has 1 aromatic rings. The lowest BCUT2D eigenvalue weighted by Crippen LogP contribution is -2.25. The van der Waals surface area contributed by atoms with Crippen LogP contribution in [0.4, 0.5) is 11.4 Å². The minimum Gasteiger partial charge on any atom is -0.482 e. The predicted molar refractivity (Wildman–Crippen MR) is 64.0 cm³/mol. The van der Waals surface area contributed by atoms with Crippen molar-refractivity contribution in [2.24, 2.45) is 0 Å². The van der Waals surface area contributed by atoms with E-state index in [1.807, 2.05) is 18.2 Å². The third-order valence-corrected chi connectivity index (χ3v) is 2.47. The molecule has 4 nitrogen and oxygen atoms in total. The standard InChI is InChI=1S/C12H16N2O2/c1-2-3-6-13-9-4-5-11-10(7-9)14-12(15)8-16-11/h4-5,7,13H,2-3,6,8H2,1H3,(H,14,15). The van der Waals surface area contributed by atoms with Gasteiger partial charge in [0.2, 0.25) is 0 Å². The number of nitrogens with one attached hydrogen (secondary N) is 2. The van der Waals surface area contributed by atoms with Crippen LogP contribution in [-0.2, 0) is 4.79 Å². The molecule has 0 saturated heterocycles. The second kappa shape index (κ2) is 4.88. The molecule has 0 fully saturated rings. The zero-order chi connectivity index (χ0) is 11.4. The van der Waals surface area contributed by atoms with Gasteiger partial charge in [-0.1, -0.05) is 13.3 Å². The van der Waals surface area contributed by atoms with Crippen LogP contribution in [-0.4, -0.2) is 19.1 Å². The van der Waals surface area contributed by atoms with Crippen LogP contribution in [0.1, 0.15) is 19.8 Å². The zero-order valence-electron chi connectivity index (χ0n) is 9.38. The van der Waals surface area contributed by atoms with Gasteiger partial charge in [-0.05, 0) is 24.6 Å². The maximum atomic E-state index is 11.1. The van der Waals surface area contributed by atoms with Crippen LogP contribution in [0.5, 0.6) is 5.75 Å². The number of rotatable bonds is 4. The van der Waals surface area contributed by atoms with Crippen LogP contribution in [0.2, 0.25) is 0 Å². The molecule has 4 heteroatoms.